The van der Waals surface area contributed by atoms with Crippen LogP contribution in [-0.2, 0) is 11.3 Å². The molecule has 0 aliphatic heterocycles. The Kier molecular flexibility index (Phi) is 7.75. The number of hydrogen-bond donors (Lipinski definition) is 1. The summed E-state index contributed by atoms with van der Waals surface area (Å²) < 4.78 is 1.63. The summed E-state index contributed by atoms with van der Waals surface area (Å²) in [6.07, 6.45) is 4.28. The van der Waals surface area contributed by atoms with Crippen molar-refractivity contribution in [2.45, 2.75) is 38.0 Å². The minimum absolute atomic E-state index is 0.0588. The number of nitrogens with one attached hydrogen (secondary N) is 1. The first-order chi connectivity index (χ1) is 16.5. The third-order valence-electron chi connectivity index (χ3n) is 5.47. The van der Waals surface area contributed by atoms with Crippen molar-refractivity contribution in [2.75, 3.05) is 5.75 Å². The van der Waals surface area contributed by atoms with E-state index < -0.39 is 0 Å². The molecule has 0 saturated heterocycles. The van der Waals surface area contributed by atoms with Crippen molar-refractivity contribution in [1.29, 1.82) is 0 Å². The number of thioether (sulfide) groups is 1. The fourth-order valence-electron chi connectivity index (χ4n) is 3.87. The Hall–Kier alpha value is -3.45. The van der Waals surface area contributed by atoms with Crippen LogP contribution in [0.3, 0.4) is 0 Å². The molecule has 1 N–H and O–H groups in total. The Bertz CT molecular complexity index is 1310. The number of rotatable bonds is 9. The number of nitrogens with zero attached hydrogens (tertiary/aromatic N) is 3. The van der Waals surface area contributed by atoms with E-state index in [9.17, 15) is 9.59 Å². The maximum absolute atomic E-state index is 13.3. The number of hydrogen-bond acceptors (Lipinski definition) is 5. The molecular weight excluding hydrogens is 444 g/mol. The van der Waals surface area contributed by atoms with Gasteiger partial charge >= 0.3 is 0 Å². The Morgan fingerprint density at radius 3 is 2.53 bits per heavy atom. The van der Waals surface area contributed by atoms with Crippen LogP contribution >= 0.6 is 11.8 Å². The molecule has 174 valence electrons. The lowest BCUT2D eigenvalue weighted by molar-refractivity contribution is -0.119. The molecular formula is C27H28N4O2S. The molecule has 2 aromatic carbocycles. The van der Waals surface area contributed by atoms with E-state index in [1.54, 1.807) is 23.0 Å². The fourth-order valence-corrected chi connectivity index (χ4v) is 4.68. The first-order valence-electron chi connectivity index (χ1n) is 11.4. The molecule has 0 spiro atoms. The number of carbonyl (C=O) groups excluding carboxylic acids is 1. The lowest BCUT2D eigenvalue weighted by Crippen LogP contribution is -2.31. The van der Waals surface area contributed by atoms with Crippen molar-refractivity contribution in [3.05, 3.63) is 101 Å². The number of pyridine rings is 1. The number of carbonyl (C=O) groups is 1. The van der Waals surface area contributed by atoms with E-state index in [4.69, 9.17) is 4.98 Å². The third-order valence-corrected chi connectivity index (χ3v) is 6.44. The standard InChI is InChI=1S/C27H28N4O2S/c1-19(2)15-24(21-10-4-3-5-11-21)29-25(32)18-34-27-30-23-13-7-6-12-22(23)26(33)31(27)17-20-9-8-14-28-16-20/h3-14,16,19,24H,15,17-18H2,1-2H3,(H,29,32). The van der Waals surface area contributed by atoms with E-state index in [1.165, 1.54) is 11.8 Å². The van der Waals surface area contributed by atoms with Gasteiger partial charge < -0.3 is 5.32 Å². The van der Waals surface area contributed by atoms with Crippen molar-refractivity contribution in [1.82, 2.24) is 19.9 Å². The lowest BCUT2D eigenvalue weighted by atomic mass is 9.97. The molecule has 6 nitrogen and oxygen atoms in total. The molecule has 1 atom stereocenters. The second-order valence-corrected chi connectivity index (χ2v) is 9.56. The summed E-state index contributed by atoms with van der Waals surface area (Å²) in [5.74, 6) is 0.513. The molecule has 4 aromatic rings. The maximum atomic E-state index is 13.3. The number of amides is 1. The molecule has 0 saturated carbocycles. The smallest absolute Gasteiger partial charge is 0.262 e. The minimum atomic E-state index is -0.126. The molecule has 4 rings (SSSR count). The lowest BCUT2D eigenvalue weighted by Gasteiger charge is -2.21. The van der Waals surface area contributed by atoms with E-state index in [-0.39, 0.29) is 23.3 Å². The summed E-state index contributed by atoms with van der Waals surface area (Å²) in [7, 11) is 0. The highest BCUT2D eigenvalue weighted by molar-refractivity contribution is 7.99. The summed E-state index contributed by atoms with van der Waals surface area (Å²) in [5.41, 5.74) is 2.49. The van der Waals surface area contributed by atoms with Gasteiger partial charge in [-0.05, 0) is 41.7 Å². The quantitative estimate of drug-likeness (QED) is 0.279. The van der Waals surface area contributed by atoms with E-state index in [2.05, 4.69) is 24.1 Å². The summed E-state index contributed by atoms with van der Waals surface area (Å²) in [5, 5.41) is 4.24. The van der Waals surface area contributed by atoms with Gasteiger partial charge in [-0.3, -0.25) is 19.1 Å². The summed E-state index contributed by atoms with van der Waals surface area (Å²) in [6.45, 7) is 4.63. The molecule has 34 heavy (non-hydrogen) atoms. The van der Waals surface area contributed by atoms with Crippen LogP contribution in [0.4, 0.5) is 0 Å². The van der Waals surface area contributed by atoms with Gasteiger partial charge in [0.05, 0.1) is 29.2 Å². The van der Waals surface area contributed by atoms with Gasteiger partial charge in [-0.25, -0.2) is 4.98 Å². The maximum Gasteiger partial charge on any atom is 0.262 e. The van der Waals surface area contributed by atoms with Crippen LogP contribution in [0.2, 0.25) is 0 Å². The van der Waals surface area contributed by atoms with Crippen molar-refractivity contribution >= 4 is 28.6 Å². The van der Waals surface area contributed by atoms with E-state index in [0.717, 1.165) is 17.5 Å². The Balaban J connectivity index is 1.56. The average Bonchev–Trinajstić information content (AvgIpc) is 2.85. The molecule has 1 amide bonds. The Morgan fingerprint density at radius 2 is 1.79 bits per heavy atom. The van der Waals surface area contributed by atoms with Crippen LogP contribution in [0.25, 0.3) is 10.9 Å². The van der Waals surface area contributed by atoms with Gasteiger partial charge in [0, 0.05) is 12.4 Å². The van der Waals surface area contributed by atoms with Crippen LogP contribution in [-0.4, -0.2) is 26.2 Å². The van der Waals surface area contributed by atoms with Gasteiger partial charge in [-0.1, -0.05) is 74.1 Å². The summed E-state index contributed by atoms with van der Waals surface area (Å²) in [6, 6.07) is 21.0. The van der Waals surface area contributed by atoms with Gasteiger partial charge in [0.2, 0.25) is 5.91 Å². The zero-order chi connectivity index (χ0) is 23.9. The molecule has 2 heterocycles. The van der Waals surface area contributed by atoms with E-state index in [1.807, 2.05) is 60.7 Å². The minimum Gasteiger partial charge on any atom is -0.349 e. The summed E-state index contributed by atoms with van der Waals surface area (Å²) in [4.78, 5) is 35.1. The van der Waals surface area contributed by atoms with Gasteiger partial charge in [0.25, 0.3) is 5.56 Å². The Labute approximate surface area is 203 Å². The van der Waals surface area contributed by atoms with Crippen molar-refractivity contribution < 1.29 is 4.79 Å². The predicted molar refractivity (Wildman–Crippen MR) is 137 cm³/mol. The van der Waals surface area contributed by atoms with Crippen LogP contribution < -0.4 is 10.9 Å². The predicted octanol–water partition coefficient (Wildman–Crippen LogP) is 4.84. The second kappa shape index (κ2) is 11.1. The average molecular weight is 473 g/mol. The molecule has 0 aliphatic rings. The van der Waals surface area contributed by atoms with Crippen LogP contribution in [0.15, 0.2) is 89.1 Å². The molecule has 0 fully saturated rings. The zero-order valence-electron chi connectivity index (χ0n) is 19.3. The van der Waals surface area contributed by atoms with E-state index in [0.29, 0.717) is 28.5 Å². The molecule has 0 aliphatic carbocycles. The molecule has 2 aromatic heterocycles. The van der Waals surface area contributed by atoms with Gasteiger partial charge in [0.15, 0.2) is 5.16 Å². The van der Waals surface area contributed by atoms with Gasteiger partial charge in [-0.15, -0.1) is 0 Å². The third kappa shape index (κ3) is 5.91. The van der Waals surface area contributed by atoms with Crippen molar-refractivity contribution in [2.24, 2.45) is 5.92 Å². The zero-order valence-corrected chi connectivity index (χ0v) is 20.2. The van der Waals surface area contributed by atoms with Gasteiger partial charge in [0.1, 0.15) is 0 Å². The normalized spacial score (nSPS) is 12.1. The molecule has 1 unspecified atom stereocenters. The van der Waals surface area contributed by atoms with Crippen LogP contribution in [0, 0.1) is 5.92 Å². The second-order valence-electron chi connectivity index (χ2n) is 8.61. The Morgan fingerprint density at radius 1 is 1.03 bits per heavy atom. The van der Waals surface area contributed by atoms with Crippen molar-refractivity contribution in [3.63, 3.8) is 0 Å². The SMILES string of the molecule is CC(C)CC(NC(=O)CSc1nc2ccccc2c(=O)n1Cc1cccnc1)c1ccccc1. The number of para-hydroxylation sites is 1. The van der Waals surface area contributed by atoms with Gasteiger partial charge in [-0.2, -0.15) is 0 Å². The highest BCUT2D eigenvalue weighted by Gasteiger charge is 2.18. The molecule has 0 radical (unpaired) electrons. The first kappa shape index (κ1) is 23.7. The number of fused-ring (bicyclic) bond motifs is 1. The van der Waals surface area contributed by atoms with Crippen LogP contribution in [0.5, 0.6) is 0 Å². The van der Waals surface area contributed by atoms with Crippen LogP contribution in [0.1, 0.15) is 37.4 Å². The van der Waals surface area contributed by atoms with Crippen molar-refractivity contribution in [3.8, 4) is 0 Å². The number of aromatic nitrogens is 3. The fraction of sp³-hybridized carbons (Fsp3) is 0.259. The van der Waals surface area contributed by atoms with E-state index >= 15 is 0 Å². The summed E-state index contributed by atoms with van der Waals surface area (Å²) >= 11 is 1.28. The first-order valence-corrected chi connectivity index (χ1v) is 12.4. The topological polar surface area (TPSA) is 76.9 Å². The largest absolute Gasteiger partial charge is 0.349 e. The highest BCUT2D eigenvalue weighted by Crippen LogP contribution is 2.23. The molecule has 7 heteroatoms. The monoisotopic (exact) mass is 472 g/mol. The highest BCUT2D eigenvalue weighted by atomic mass is 32.2. The molecule has 0 bridgehead atoms. The number of benzene rings is 2.